The number of anilines is 1. The third-order valence-electron chi connectivity index (χ3n) is 6.41. The van der Waals surface area contributed by atoms with Crippen molar-refractivity contribution in [3.05, 3.63) is 52.6 Å². The molecule has 0 fully saturated rings. The van der Waals surface area contributed by atoms with Crippen LogP contribution in [-0.2, 0) is 28.4 Å². The van der Waals surface area contributed by atoms with Crippen molar-refractivity contribution in [3.8, 4) is 11.5 Å². The lowest BCUT2D eigenvalue weighted by Crippen LogP contribution is -2.47. The van der Waals surface area contributed by atoms with Crippen molar-refractivity contribution >= 4 is 17.9 Å². The van der Waals surface area contributed by atoms with E-state index < -0.39 is 59.9 Å². The van der Waals surface area contributed by atoms with Crippen molar-refractivity contribution in [2.45, 2.75) is 51.2 Å². The molecular formula is C26H28F6N2O6. The Balaban J connectivity index is 2.20. The van der Waals surface area contributed by atoms with E-state index >= 15 is 0 Å². The van der Waals surface area contributed by atoms with E-state index in [4.69, 9.17) is 18.9 Å². The van der Waals surface area contributed by atoms with Gasteiger partial charge in [0.25, 0.3) is 0 Å². The molecule has 2 amide bonds. The summed E-state index contributed by atoms with van der Waals surface area (Å²) >= 11 is 0. The predicted molar refractivity (Wildman–Crippen MR) is 130 cm³/mol. The van der Waals surface area contributed by atoms with Gasteiger partial charge < -0.3 is 18.9 Å². The average molecular weight is 579 g/mol. The molecule has 0 unspecified atom stereocenters. The number of amides is 2. The number of halogens is 6. The highest BCUT2D eigenvalue weighted by Crippen LogP contribution is 2.47. The monoisotopic (exact) mass is 578 g/mol. The average Bonchev–Trinajstić information content (AvgIpc) is 2.89. The van der Waals surface area contributed by atoms with Crippen LogP contribution in [0.4, 0.5) is 41.6 Å². The smallest absolute Gasteiger partial charge is 0.416 e. The van der Waals surface area contributed by atoms with Gasteiger partial charge in [0.1, 0.15) is 0 Å². The Labute approximate surface area is 226 Å². The first kappa shape index (κ1) is 30.7. The summed E-state index contributed by atoms with van der Waals surface area (Å²) in [5.74, 6) is 0.452. The molecule has 0 N–H and O–H groups in total. The molecule has 0 spiro atoms. The molecule has 8 nitrogen and oxygen atoms in total. The molecule has 1 aliphatic rings. The van der Waals surface area contributed by atoms with E-state index in [-0.39, 0.29) is 36.3 Å². The number of nitrogens with zero attached hydrogens (tertiary/aromatic N) is 2. The third-order valence-corrected chi connectivity index (χ3v) is 6.41. The van der Waals surface area contributed by atoms with Crippen LogP contribution >= 0.6 is 0 Å². The zero-order valence-electron chi connectivity index (χ0n) is 22.3. The molecule has 40 heavy (non-hydrogen) atoms. The van der Waals surface area contributed by atoms with E-state index in [0.29, 0.717) is 17.7 Å². The van der Waals surface area contributed by atoms with Crippen LogP contribution in [-0.4, -0.2) is 51.1 Å². The second kappa shape index (κ2) is 11.7. The number of rotatable bonds is 6. The number of carbonyl (C=O) groups excluding carboxylic acids is 2. The number of ether oxygens (including phenoxy) is 4. The summed E-state index contributed by atoms with van der Waals surface area (Å²) in [7, 11) is 3.76. The molecule has 0 bridgehead atoms. The summed E-state index contributed by atoms with van der Waals surface area (Å²) in [6.45, 7) is 2.68. The molecule has 3 rings (SSSR count). The van der Waals surface area contributed by atoms with Gasteiger partial charge in [-0.2, -0.15) is 26.3 Å². The zero-order chi connectivity index (χ0) is 30.0. The van der Waals surface area contributed by atoms with E-state index in [2.05, 4.69) is 0 Å². The van der Waals surface area contributed by atoms with Crippen LogP contribution < -0.4 is 14.4 Å². The van der Waals surface area contributed by atoms with Crippen molar-refractivity contribution in [1.29, 1.82) is 0 Å². The maximum absolute atomic E-state index is 13.5. The Hall–Kier alpha value is -3.84. The van der Waals surface area contributed by atoms with Gasteiger partial charge in [0.2, 0.25) is 0 Å². The number of alkyl halides is 6. The van der Waals surface area contributed by atoms with E-state index in [1.165, 1.54) is 31.3 Å². The summed E-state index contributed by atoms with van der Waals surface area (Å²) in [6, 6.07) is 2.52. The van der Waals surface area contributed by atoms with Gasteiger partial charge in [-0.3, -0.25) is 9.80 Å². The Morgan fingerprint density at radius 1 is 0.925 bits per heavy atom. The quantitative estimate of drug-likeness (QED) is 0.351. The summed E-state index contributed by atoms with van der Waals surface area (Å²) in [5.41, 5.74) is -2.88. The van der Waals surface area contributed by atoms with Gasteiger partial charge >= 0.3 is 24.5 Å². The standard InChI is InChI=1S/C26H28F6N2O6/c1-6-40-24(36)34-14(2)7-19(18-11-21(37-3)22(38-4)12-20(18)34)33(23(35)39-5)13-15-8-16(25(27,28)29)10-17(9-15)26(30,31)32/h8-12,14,19H,6-7,13H2,1-5H3/t14-,19+/m1/s1. The van der Waals surface area contributed by atoms with Crippen LogP contribution in [0.1, 0.15) is 48.6 Å². The van der Waals surface area contributed by atoms with E-state index in [0.717, 1.165) is 12.0 Å². The maximum Gasteiger partial charge on any atom is 0.416 e. The van der Waals surface area contributed by atoms with Gasteiger partial charge in [0, 0.05) is 24.2 Å². The molecule has 0 saturated carbocycles. The highest BCUT2D eigenvalue weighted by atomic mass is 19.4. The Kier molecular flexibility index (Phi) is 9.00. The lowest BCUT2D eigenvalue weighted by molar-refractivity contribution is -0.143. The fraction of sp³-hybridized carbons (Fsp3) is 0.462. The maximum atomic E-state index is 13.5. The Bertz CT molecular complexity index is 1220. The van der Waals surface area contributed by atoms with Gasteiger partial charge in [-0.25, -0.2) is 9.59 Å². The van der Waals surface area contributed by atoms with Gasteiger partial charge in [-0.15, -0.1) is 0 Å². The fourth-order valence-electron chi connectivity index (χ4n) is 4.65. The number of hydrogen-bond donors (Lipinski definition) is 0. The topological polar surface area (TPSA) is 77.5 Å². The van der Waals surface area contributed by atoms with Crippen molar-refractivity contribution in [2.24, 2.45) is 0 Å². The molecule has 2 atom stereocenters. The van der Waals surface area contributed by atoms with E-state index in [9.17, 15) is 35.9 Å². The molecule has 2 aromatic rings. The molecule has 220 valence electrons. The van der Waals surface area contributed by atoms with Crippen molar-refractivity contribution in [3.63, 3.8) is 0 Å². The molecule has 0 saturated heterocycles. The second-order valence-electron chi connectivity index (χ2n) is 8.95. The molecule has 0 aliphatic carbocycles. The molecule has 0 aromatic heterocycles. The number of carbonyl (C=O) groups is 2. The summed E-state index contributed by atoms with van der Waals surface area (Å²) in [6.07, 6.45) is -11.8. The molecule has 0 radical (unpaired) electrons. The lowest BCUT2D eigenvalue weighted by Gasteiger charge is -2.42. The Morgan fingerprint density at radius 2 is 1.48 bits per heavy atom. The minimum atomic E-state index is -5.07. The van der Waals surface area contributed by atoms with Crippen molar-refractivity contribution < 1.29 is 54.9 Å². The normalized spacial score (nSPS) is 17.1. The number of fused-ring (bicyclic) bond motifs is 1. The zero-order valence-corrected chi connectivity index (χ0v) is 22.3. The van der Waals surface area contributed by atoms with Crippen molar-refractivity contribution in [2.75, 3.05) is 32.8 Å². The minimum Gasteiger partial charge on any atom is -0.493 e. The molecular weight excluding hydrogens is 550 g/mol. The molecule has 14 heteroatoms. The van der Waals surface area contributed by atoms with Gasteiger partial charge in [0.15, 0.2) is 11.5 Å². The lowest BCUT2D eigenvalue weighted by atomic mass is 9.90. The first-order valence-corrected chi connectivity index (χ1v) is 12.0. The third kappa shape index (κ3) is 6.31. The summed E-state index contributed by atoms with van der Waals surface area (Å²) in [5, 5.41) is 0. The summed E-state index contributed by atoms with van der Waals surface area (Å²) < 4.78 is 102. The van der Waals surface area contributed by atoms with E-state index in [1.54, 1.807) is 13.8 Å². The minimum absolute atomic E-state index is 0.0122. The van der Waals surface area contributed by atoms with Crippen LogP contribution in [0.2, 0.25) is 0 Å². The number of hydrogen-bond acceptors (Lipinski definition) is 6. The number of benzene rings is 2. The molecule has 2 aromatic carbocycles. The van der Waals surface area contributed by atoms with Crippen LogP contribution in [0.15, 0.2) is 30.3 Å². The first-order chi connectivity index (χ1) is 18.7. The van der Waals surface area contributed by atoms with Crippen LogP contribution in [0.3, 0.4) is 0 Å². The Morgan fingerprint density at radius 3 is 1.95 bits per heavy atom. The highest BCUT2D eigenvalue weighted by Gasteiger charge is 2.41. The van der Waals surface area contributed by atoms with Crippen LogP contribution in [0.5, 0.6) is 11.5 Å². The van der Waals surface area contributed by atoms with Crippen molar-refractivity contribution in [1.82, 2.24) is 4.90 Å². The van der Waals surface area contributed by atoms with Gasteiger partial charge in [0.05, 0.1) is 50.8 Å². The summed E-state index contributed by atoms with van der Waals surface area (Å²) in [4.78, 5) is 28.2. The SMILES string of the molecule is CCOC(=O)N1c2cc(OC)c(OC)cc2[C@@H](N(Cc2cc(C(F)(F)F)cc(C(F)(F)F)c2)C(=O)OC)C[C@H]1C. The first-order valence-electron chi connectivity index (χ1n) is 12.0. The largest absolute Gasteiger partial charge is 0.493 e. The molecule has 1 aliphatic heterocycles. The second-order valence-corrected chi connectivity index (χ2v) is 8.95. The predicted octanol–water partition coefficient (Wildman–Crippen LogP) is 6.81. The highest BCUT2D eigenvalue weighted by molar-refractivity contribution is 5.91. The van der Waals surface area contributed by atoms with Gasteiger partial charge in [-0.05, 0) is 50.1 Å². The fourth-order valence-corrected chi connectivity index (χ4v) is 4.65. The van der Waals surface area contributed by atoms with Crippen LogP contribution in [0.25, 0.3) is 0 Å². The molecule has 1 heterocycles. The van der Waals surface area contributed by atoms with E-state index in [1.807, 2.05) is 0 Å². The number of methoxy groups -OCH3 is 3. The van der Waals surface area contributed by atoms with Gasteiger partial charge in [-0.1, -0.05) is 0 Å². The van der Waals surface area contributed by atoms with Crippen LogP contribution in [0, 0.1) is 0 Å².